The van der Waals surface area contributed by atoms with Gasteiger partial charge >= 0.3 is 0 Å². The Morgan fingerprint density at radius 3 is 2.94 bits per heavy atom. The van der Waals surface area contributed by atoms with Gasteiger partial charge in [0.15, 0.2) is 5.76 Å². The second-order valence-electron chi connectivity index (χ2n) is 4.66. The fraction of sp³-hybridized carbons (Fsp3) is 0.615. The lowest BCUT2D eigenvalue weighted by Gasteiger charge is -2.29. The topological polar surface area (TPSA) is 65.7 Å². The predicted octanol–water partition coefficient (Wildman–Crippen LogP) is 0.856. The maximum absolute atomic E-state index is 11.5. The third-order valence-corrected chi connectivity index (χ3v) is 3.24. The normalized spacial score (nSPS) is 17.8. The van der Waals surface area contributed by atoms with Gasteiger partial charge in [0.25, 0.3) is 5.91 Å². The molecular formula is C13H20N2O3. The molecule has 0 aromatic carbocycles. The molecule has 0 unspecified atom stereocenters. The molecule has 18 heavy (non-hydrogen) atoms. The second kappa shape index (κ2) is 6.56. The van der Waals surface area contributed by atoms with E-state index in [0.29, 0.717) is 12.3 Å². The molecule has 0 bridgehead atoms. The van der Waals surface area contributed by atoms with Crippen LogP contribution in [0, 0.1) is 0 Å². The Balaban J connectivity index is 1.57. The van der Waals surface area contributed by atoms with Crippen LogP contribution >= 0.6 is 0 Å². The number of nitrogens with zero attached hydrogens (tertiary/aromatic N) is 1. The summed E-state index contributed by atoms with van der Waals surface area (Å²) in [5.74, 6) is 0.199. The summed E-state index contributed by atoms with van der Waals surface area (Å²) in [6.45, 7) is 3.52. The van der Waals surface area contributed by atoms with E-state index in [0.717, 1.165) is 38.9 Å². The number of rotatable bonds is 5. The van der Waals surface area contributed by atoms with Crippen molar-refractivity contribution in [3.63, 3.8) is 0 Å². The van der Waals surface area contributed by atoms with Crippen LogP contribution in [0.15, 0.2) is 22.8 Å². The number of hydrogen-bond donors (Lipinski definition) is 2. The molecule has 2 heterocycles. The Morgan fingerprint density at radius 2 is 2.28 bits per heavy atom. The van der Waals surface area contributed by atoms with Crippen LogP contribution in [-0.4, -0.2) is 48.2 Å². The van der Waals surface area contributed by atoms with Crippen LogP contribution in [0.25, 0.3) is 0 Å². The molecule has 100 valence electrons. The van der Waals surface area contributed by atoms with Crippen molar-refractivity contribution in [2.45, 2.75) is 25.4 Å². The molecule has 1 aliphatic rings. The first-order chi connectivity index (χ1) is 8.75. The summed E-state index contributed by atoms with van der Waals surface area (Å²) in [5, 5.41) is 12.2. The van der Waals surface area contributed by atoms with Crippen molar-refractivity contribution in [3.05, 3.63) is 24.2 Å². The Labute approximate surface area is 107 Å². The fourth-order valence-corrected chi connectivity index (χ4v) is 2.14. The van der Waals surface area contributed by atoms with Crippen molar-refractivity contribution in [2.24, 2.45) is 0 Å². The number of carbonyl (C=O) groups excluding carboxylic acids is 1. The summed E-state index contributed by atoms with van der Waals surface area (Å²) in [5.41, 5.74) is 0. The standard InChI is InChI=1S/C13H20N2O3/c16-11-4-8-15(9-5-11)7-2-6-14-13(17)12-3-1-10-18-12/h1,3,10-11,16H,2,4-9H2,(H,14,17). The highest BCUT2D eigenvalue weighted by molar-refractivity contribution is 5.91. The van der Waals surface area contributed by atoms with Crippen LogP contribution in [0.5, 0.6) is 0 Å². The average Bonchev–Trinajstić information content (AvgIpc) is 2.90. The van der Waals surface area contributed by atoms with Gasteiger partial charge in [-0.2, -0.15) is 0 Å². The molecular weight excluding hydrogens is 232 g/mol. The first-order valence-electron chi connectivity index (χ1n) is 6.48. The van der Waals surface area contributed by atoms with Gasteiger partial charge in [-0.3, -0.25) is 4.79 Å². The van der Waals surface area contributed by atoms with Gasteiger partial charge in [-0.15, -0.1) is 0 Å². The van der Waals surface area contributed by atoms with E-state index in [-0.39, 0.29) is 12.0 Å². The van der Waals surface area contributed by atoms with E-state index in [1.165, 1.54) is 6.26 Å². The summed E-state index contributed by atoms with van der Waals surface area (Å²) in [4.78, 5) is 13.9. The number of carbonyl (C=O) groups is 1. The van der Waals surface area contributed by atoms with Crippen LogP contribution in [0.2, 0.25) is 0 Å². The van der Waals surface area contributed by atoms with Crippen molar-refractivity contribution in [1.29, 1.82) is 0 Å². The van der Waals surface area contributed by atoms with Gasteiger partial charge in [0.1, 0.15) is 0 Å². The van der Waals surface area contributed by atoms with Crippen LogP contribution in [0.1, 0.15) is 29.8 Å². The zero-order valence-electron chi connectivity index (χ0n) is 10.5. The van der Waals surface area contributed by atoms with E-state index in [9.17, 15) is 9.90 Å². The van der Waals surface area contributed by atoms with Gasteiger partial charge in [-0.25, -0.2) is 0 Å². The molecule has 1 aromatic heterocycles. The molecule has 1 fully saturated rings. The number of likely N-dealkylation sites (tertiary alicyclic amines) is 1. The highest BCUT2D eigenvalue weighted by Crippen LogP contribution is 2.09. The predicted molar refractivity (Wildman–Crippen MR) is 67.3 cm³/mol. The Hall–Kier alpha value is -1.33. The Morgan fingerprint density at radius 1 is 1.50 bits per heavy atom. The Kier molecular flexibility index (Phi) is 4.78. The monoisotopic (exact) mass is 252 g/mol. The van der Waals surface area contributed by atoms with Crippen molar-refractivity contribution in [3.8, 4) is 0 Å². The molecule has 5 nitrogen and oxygen atoms in total. The van der Waals surface area contributed by atoms with E-state index >= 15 is 0 Å². The lowest BCUT2D eigenvalue weighted by molar-refractivity contribution is 0.0814. The lowest BCUT2D eigenvalue weighted by Crippen LogP contribution is -2.37. The van der Waals surface area contributed by atoms with Crippen LogP contribution < -0.4 is 5.32 Å². The minimum absolute atomic E-state index is 0.125. The average molecular weight is 252 g/mol. The number of furan rings is 1. The fourth-order valence-electron chi connectivity index (χ4n) is 2.14. The first kappa shape index (κ1) is 13.1. The summed E-state index contributed by atoms with van der Waals surface area (Å²) >= 11 is 0. The number of nitrogens with one attached hydrogen (secondary N) is 1. The zero-order valence-corrected chi connectivity index (χ0v) is 10.5. The summed E-state index contributed by atoms with van der Waals surface area (Å²) in [7, 11) is 0. The third-order valence-electron chi connectivity index (χ3n) is 3.24. The molecule has 2 N–H and O–H groups in total. The van der Waals surface area contributed by atoms with Crippen molar-refractivity contribution in [1.82, 2.24) is 10.2 Å². The molecule has 0 aliphatic carbocycles. The zero-order chi connectivity index (χ0) is 12.8. The first-order valence-corrected chi connectivity index (χ1v) is 6.48. The number of aliphatic hydroxyl groups is 1. The van der Waals surface area contributed by atoms with Crippen molar-refractivity contribution < 1.29 is 14.3 Å². The molecule has 1 aliphatic heterocycles. The van der Waals surface area contributed by atoms with Gasteiger partial charge in [-0.1, -0.05) is 0 Å². The van der Waals surface area contributed by atoms with E-state index in [1.807, 2.05) is 0 Å². The number of piperidine rings is 1. The summed E-state index contributed by atoms with van der Waals surface area (Å²) < 4.78 is 5.00. The van der Waals surface area contributed by atoms with Crippen molar-refractivity contribution in [2.75, 3.05) is 26.2 Å². The molecule has 5 heteroatoms. The molecule has 0 radical (unpaired) electrons. The summed E-state index contributed by atoms with van der Waals surface area (Å²) in [6, 6.07) is 3.36. The minimum Gasteiger partial charge on any atom is -0.459 e. The maximum atomic E-state index is 11.5. The van der Waals surface area contributed by atoms with Gasteiger partial charge in [0, 0.05) is 19.6 Å². The summed E-state index contributed by atoms with van der Waals surface area (Å²) in [6.07, 6.45) is 4.01. The molecule has 1 aromatic rings. The van der Waals surface area contributed by atoms with E-state index in [1.54, 1.807) is 12.1 Å². The van der Waals surface area contributed by atoms with E-state index < -0.39 is 0 Å². The Bertz CT molecular complexity index is 356. The SMILES string of the molecule is O=C(NCCCN1CCC(O)CC1)c1ccco1. The maximum Gasteiger partial charge on any atom is 0.286 e. The number of aliphatic hydroxyl groups excluding tert-OH is 1. The van der Waals surface area contributed by atoms with Crippen LogP contribution in [0.3, 0.4) is 0 Å². The third kappa shape index (κ3) is 3.85. The van der Waals surface area contributed by atoms with Crippen LogP contribution in [-0.2, 0) is 0 Å². The van der Waals surface area contributed by atoms with Gasteiger partial charge in [-0.05, 0) is 37.9 Å². The smallest absolute Gasteiger partial charge is 0.286 e. The van der Waals surface area contributed by atoms with Crippen LogP contribution in [0.4, 0.5) is 0 Å². The lowest BCUT2D eigenvalue weighted by atomic mass is 10.1. The number of hydrogen-bond acceptors (Lipinski definition) is 4. The molecule has 0 spiro atoms. The highest BCUT2D eigenvalue weighted by atomic mass is 16.3. The molecule has 1 amide bonds. The molecule has 1 saturated heterocycles. The number of amides is 1. The van der Waals surface area contributed by atoms with E-state index in [4.69, 9.17) is 4.42 Å². The molecule has 0 atom stereocenters. The quantitative estimate of drug-likeness (QED) is 0.763. The second-order valence-corrected chi connectivity index (χ2v) is 4.66. The highest BCUT2D eigenvalue weighted by Gasteiger charge is 2.16. The van der Waals surface area contributed by atoms with Crippen molar-refractivity contribution >= 4 is 5.91 Å². The van der Waals surface area contributed by atoms with E-state index in [2.05, 4.69) is 10.2 Å². The van der Waals surface area contributed by atoms with Gasteiger partial charge in [0.2, 0.25) is 0 Å². The van der Waals surface area contributed by atoms with Gasteiger partial charge < -0.3 is 19.7 Å². The molecule has 2 rings (SSSR count). The minimum atomic E-state index is -0.158. The van der Waals surface area contributed by atoms with Gasteiger partial charge in [0.05, 0.1) is 12.4 Å². The largest absolute Gasteiger partial charge is 0.459 e. The molecule has 0 saturated carbocycles.